The van der Waals surface area contributed by atoms with Gasteiger partial charge in [0.25, 0.3) is 5.91 Å². The van der Waals surface area contributed by atoms with E-state index in [-0.39, 0.29) is 5.91 Å². The molecule has 0 fully saturated rings. The Hall–Kier alpha value is -2.34. The molecule has 0 spiro atoms. The average molecular weight is 258 g/mol. The molecule has 0 aliphatic heterocycles. The molecule has 90 valence electrons. The predicted molar refractivity (Wildman–Crippen MR) is 72.8 cm³/mol. The summed E-state index contributed by atoms with van der Waals surface area (Å²) in [6.07, 6.45) is 1.86. The second-order valence-electron chi connectivity index (χ2n) is 3.80. The van der Waals surface area contributed by atoms with E-state index in [2.05, 4.69) is 15.3 Å². The topological polar surface area (TPSA) is 83.8 Å². The number of H-pyrrole nitrogens is 1. The maximum atomic E-state index is 11.9. The van der Waals surface area contributed by atoms with Gasteiger partial charge in [0, 0.05) is 28.2 Å². The number of benzene rings is 1. The summed E-state index contributed by atoms with van der Waals surface area (Å²) in [7, 11) is 0. The van der Waals surface area contributed by atoms with E-state index < -0.39 is 0 Å². The van der Waals surface area contributed by atoms with Crippen molar-refractivity contribution in [3.8, 4) is 0 Å². The molecule has 0 radical (unpaired) electrons. The van der Waals surface area contributed by atoms with Gasteiger partial charge in [0.2, 0.25) is 0 Å². The van der Waals surface area contributed by atoms with Crippen LogP contribution in [0, 0.1) is 0 Å². The van der Waals surface area contributed by atoms with Crippen molar-refractivity contribution in [3.05, 3.63) is 41.5 Å². The Bertz CT molecular complexity index is 716. The molecular weight excluding hydrogens is 248 g/mol. The minimum Gasteiger partial charge on any atom is -0.375 e. The molecule has 6 heteroatoms. The van der Waals surface area contributed by atoms with Crippen molar-refractivity contribution in [2.75, 3.05) is 11.1 Å². The molecule has 3 aromatic rings. The number of carbonyl (C=O) groups is 1. The molecule has 0 saturated carbocycles. The fraction of sp³-hybridized carbons (Fsp3) is 0. The number of anilines is 2. The molecule has 0 bridgehead atoms. The second kappa shape index (κ2) is 4.15. The second-order valence-corrected chi connectivity index (χ2v) is 4.69. The number of amides is 1. The number of hydrogen-bond donors (Lipinski definition) is 3. The zero-order chi connectivity index (χ0) is 12.5. The number of carbonyl (C=O) groups excluding carboxylic acids is 1. The number of aromatic nitrogens is 2. The molecule has 2 aromatic heterocycles. The molecular formula is C12H10N4OS. The number of nitrogens with zero attached hydrogens (tertiary/aromatic N) is 1. The lowest BCUT2D eigenvalue weighted by molar-refractivity contribution is 0.102. The highest BCUT2D eigenvalue weighted by atomic mass is 32.1. The van der Waals surface area contributed by atoms with Gasteiger partial charge in [0.15, 0.2) is 5.13 Å². The third kappa shape index (κ3) is 1.93. The lowest BCUT2D eigenvalue weighted by Crippen LogP contribution is -2.12. The van der Waals surface area contributed by atoms with E-state index in [1.165, 1.54) is 11.3 Å². The fourth-order valence-electron chi connectivity index (χ4n) is 1.72. The number of hydrogen-bond acceptors (Lipinski definition) is 4. The highest BCUT2D eigenvalue weighted by molar-refractivity contribution is 7.13. The zero-order valence-corrected chi connectivity index (χ0v) is 10.1. The Kier molecular flexibility index (Phi) is 2.49. The van der Waals surface area contributed by atoms with Crippen LogP contribution in [0.15, 0.2) is 35.8 Å². The van der Waals surface area contributed by atoms with Gasteiger partial charge in [0.05, 0.1) is 0 Å². The standard InChI is InChI=1S/C12H10N4OS/c13-12-16-10(6-18-12)11(17)15-8-1-2-9-7(5-8)3-4-14-9/h1-6,14H,(H2,13,16)(H,15,17). The summed E-state index contributed by atoms with van der Waals surface area (Å²) in [6, 6.07) is 7.61. The number of aromatic amines is 1. The Morgan fingerprint density at radius 2 is 2.28 bits per heavy atom. The van der Waals surface area contributed by atoms with E-state index in [1.54, 1.807) is 5.38 Å². The van der Waals surface area contributed by atoms with Crippen molar-refractivity contribution in [2.24, 2.45) is 0 Å². The van der Waals surface area contributed by atoms with Gasteiger partial charge in [-0.1, -0.05) is 0 Å². The molecule has 0 saturated heterocycles. The van der Waals surface area contributed by atoms with Crippen LogP contribution < -0.4 is 11.1 Å². The largest absolute Gasteiger partial charge is 0.375 e. The molecule has 2 heterocycles. The zero-order valence-electron chi connectivity index (χ0n) is 9.31. The van der Waals surface area contributed by atoms with Crippen LogP contribution in [0.25, 0.3) is 10.9 Å². The van der Waals surface area contributed by atoms with Crippen molar-refractivity contribution in [1.82, 2.24) is 9.97 Å². The Morgan fingerprint density at radius 3 is 3.06 bits per heavy atom. The van der Waals surface area contributed by atoms with Crippen LogP contribution >= 0.6 is 11.3 Å². The molecule has 5 nitrogen and oxygen atoms in total. The lowest BCUT2D eigenvalue weighted by Gasteiger charge is -2.03. The number of nitrogens with one attached hydrogen (secondary N) is 2. The molecule has 4 N–H and O–H groups in total. The number of fused-ring (bicyclic) bond motifs is 1. The quantitative estimate of drug-likeness (QED) is 0.660. The summed E-state index contributed by atoms with van der Waals surface area (Å²) >= 11 is 1.25. The van der Waals surface area contributed by atoms with Crippen LogP contribution in [0.1, 0.15) is 10.5 Å². The van der Waals surface area contributed by atoms with Crippen molar-refractivity contribution in [1.29, 1.82) is 0 Å². The highest BCUT2D eigenvalue weighted by Gasteiger charge is 2.10. The monoisotopic (exact) mass is 258 g/mol. The van der Waals surface area contributed by atoms with E-state index in [0.717, 1.165) is 16.6 Å². The smallest absolute Gasteiger partial charge is 0.275 e. The first-order chi connectivity index (χ1) is 8.72. The molecule has 1 aromatic carbocycles. The predicted octanol–water partition coefficient (Wildman–Crippen LogP) is 2.46. The van der Waals surface area contributed by atoms with E-state index in [0.29, 0.717) is 10.8 Å². The summed E-state index contributed by atoms with van der Waals surface area (Å²) < 4.78 is 0. The first kappa shape index (κ1) is 10.8. The molecule has 18 heavy (non-hydrogen) atoms. The number of nitrogen functional groups attached to an aromatic ring is 1. The van der Waals surface area contributed by atoms with E-state index >= 15 is 0 Å². The van der Waals surface area contributed by atoms with Gasteiger partial charge in [-0.25, -0.2) is 4.98 Å². The van der Waals surface area contributed by atoms with Gasteiger partial charge in [-0.05, 0) is 24.3 Å². The SMILES string of the molecule is Nc1nc(C(=O)Nc2ccc3[nH]ccc3c2)cs1. The molecule has 0 atom stereocenters. The van der Waals surface area contributed by atoms with Gasteiger partial charge in [-0.2, -0.15) is 0 Å². The molecule has 0 unspecified atom stereocenters. The molecule has 3 rings (SSSR count). The Morgan fingerprint density at radius 1 is 1.39 bits per heavy atom. The van der Waals surface area contributed by atoms with Crippen LogP contribution in [-0.2, 0) is 0 Å². The summed E-state index contributed by atoms with van der Waals surface area (Å²) in [5.41, 5.74) is 7.60. The average Bonchev–Trinajstić information content (AvgIpc) is 2.96. The van der Waals surface area contributed by atoms with Crippen molar-refractivity contribution in [2.45, 2.75) is 0 Å². The van der Waals surface area contributed by atoms with Gasteiger partial charge in [0.1, 0.15) is 5.69 Å². The third-order valence-corrected chi connectivity index (χ3v) is 3.24. The number of rotatable bonds is 2. The van der Waals surface area contributed by atoms with Crippen molar-refractivity contribution in [3.63, 3.8) is 0 Å². The Balaban J connectivity index is 1.85. The minimum atomic E-state index is -0.252. The van der Waals surface area contributed by atoms with Crippen molar-refractivity contribution < 1.29 is 4.79 Å². The van der Waals surface area contributed by atoms with Crippen LogP contribution in [0.4, 0.5) is 10.8 Å². The van der Waals surface area contributed by atoms with Crippen LogP contribution in [0.2, 0.25) is 0 Å². The summed E-state index contributed by atoms with van der Waals surface area (Å²) in [6.45, 7) is 0. The van der Waals surface area contributed by atoms with E-state index in [9.17, 15) is 4.79 Å². The Labute approximate surface area is 107 Å². The maximum absolute atomic E-state index is 11.9. The van der Waals surface area contributed by atoms with Crippen molar-refractivity contribution >= 4 is 39.0 Å². The fourth-order valence-corrected chi connectivity index (χ4v) is 2.26. The van der Waals surface area contributed by atoms with Crippen LogP contribution in [0.5, 0.6) is 0 Å². The highest BCUT2D eigenvalue weighted by Crippen LogP contribution is 2.19. The minimum absolute atomic E-state index is 0.252. The van der Waals surface area contributed by atoms with E-state index in [1.807, 2.05) is 30.5 Å². The van der Waals surface area contributed by atoms with Gasteiger partial charge < -0.3 is 16.0 Å². The van der Waals surface area contributed by atoms with Gasteiger partial charge in [-0.3, -0.25) is 4.79 Å². The molecule has 1 amide bonds. The third-order valence-electron chi connectivity index (χ3n) is 2.57. The number of nitrogens with two attached hydrogens (primary N) is 1. The normalized spacial score (nSPS) is 10.7. The number of thiazole rings is 1. The van der Waals surface area contributed by atoms with E-state index in [4.69, 9.17) is 5.73 Å². The lowest BCUT2D eigenvalue weighted by atomic mass is 10.2. The van der Waals surface area contributed by atoms with Gasteiger partial charge in [-0.15, -0.1) is 11.3 Å². The first-order valence-corrected chi connectivity index (χ1v) is 6.20. The summed E-state index contributed by atoms with van der Waals surface area (Å²) in [4.78, 5) is 18.9. The van der Waals surface area contributed by atoms with Crippen LogP contribution in [0.3, 0.4) is 0 Å². The summed E-state index contributed by atoms with van der Waals surface area (Å²) in [5, 5.41) is 5.86. The maximum Gasteiger partial charge on any atom is 0.275 e. The van der Waals surface area contributed by atoms with Gasteiger partial charge >= 0.3 is 0 Å². The first-order valence-electron chi connectivity index (χ1n) is 5.32. The molecule has 0 aliphatic rings. The van der Waals surface area contributed by atoms with Crippen LogP contribution in [-0.4, -0.2) is 15.9 Å². The molecule has 0 aliphatic carbocycles. The summed E-state index contributed by atoms with van der Waals surface area (Å²) in [5.74, 6) is -0.252.